The summed E-state index contributed by atoms with van der Waals surface area (Å²) in [5.74, 6) is -0.210. The zero-order valence-corrected chi connectivity index (χ0v) is 16.6. The Hall–Kier alpha value is -2.66. The Kier molecular flexibility index (Phi) is 9.80. The lowest BCUT2D eigenvalue weighted by Crippen LogP contribution is -2.29. The van der Waals surface area contributed by atoms with Crippen molar-refractivity contribution < 1.29 is 14.3 Å². The summed E-state index contributed by atoms with van der Waals surface area (Å²) in [6, 6.07) is 19.0. The minimum Gasteiger partial charge on any atom is -0.381 e. The molecule has 1 N–H and O–H groups in total. The van der Waals surface area contributed by atoms with Crippen molar-refractivity contribution in [3.8, 4) is 0 Å². The number of nitrogens with zero attached hydrogens (tertiary/aromatic N) is 1. The van der Waals surface area contributed by atoms with Crippen molar-refractivity contribution in [2.45, 2.75) is 39.0 Å². The van der Waals surface area contributed by atoms with Crippen molar-refractivity contribution in [2.75, 3.05) is 24.7 Å². The van der Waals surface area contributed by atoms with Gasteiger partial charge in [0.1, 0.15) is 0 Å². The molecule has 0 saturated heterocycles. The summed E-state index contributed by atoms with van der Waals surface area (Å²) in [5, 5.41) is 2.86. The van der Waals surface area contributed by atoms with Crippen molar-refractivity contribution >= 4 is 23.2 Å². The molecule has 150 valence electrons. The van der Waals surface area contributed by atoms with Gasteiger partial charge >= 0.3 is 0 Å². The number of ether oxygens (including phenoxy) is 1. The second kappa shape index (κ2) is 12.7. The van der Waals surface area contributed by atoms with E-state index in [0.29, 0.717) is 13.2 Å². The fourth-order valence-corrected chi connectivity index (χ4v) is 2.76. The molecule has 0 aliphatic carbocycles. The van der Waals surface area contributed by atoms with Crippen molar-refractivity contribution in [1.82, 2.24) is 5.32 Å². The van der Waals surface area contributed by atoms with Gasteiger partial charge in [0.2, 0.25) is 11.8 Å². The largest absolute Gasteiger partial charge is 0.381 e. The summed E-state index contributed by atoms with van der Waals surface area (Å²) < 4.78 is 5.47. The van der Waals surface area contributed by atoms with Crippen LogP contribution in [0, 0.1) is 0 Å². The molecule has 0 fully saturated rings. The first-order valence-corrected chi connectivity index (χ1v) is 10.00. The second-order valence-corrected chi connectivity index (χ2v) is 6.57. The van der Waals surface area contributed by atoms with Gasteiger partial charge in [-0.05, 0) is 37.1 Å². The molecule has 5 nitrogen and oxygen atoms in total. The van der Waals surface area contributed by atoms with E-state index in [9.17, 15) is 9.59 Å². The molecule has 0 aliphatic rings. The van der Waals surface area contributed by atoms with Gasteiger partial charge in [-0.1, -0.05) is 49.7 Å². The minimum atomic E-state index is -0.108. The molecule has 0 atom stereocenters. The van der Waals surface area contributed by atoms with Gasteiger partial charge in [0.05, 0.1) is 0 Å². The fourth-order valence-electron chi connectivity index (χ4n) is 2.76. The van der Waals surface area contributed by atoms with E-state index in [2.05, 4.69) is 12.2 Å². The molecule has 2 aromatic carbocycles. The molecule has 0 bridgehead atoms. The molecule has 2 amide bonds. The van der Waals surface area contributed by atoms with Crippen molar-refractivity contribution in [3.63, 3.8) is 0 Å². The number of amides is 2. The summed E-state index contributed by atoms with van der Waals surface area (Å²) in [5.41, 5.74) is 1.59. The number of para-hydroxylation sites is 2. The first-order chi connectivity index (χ1) is 13.7. The Morgan fingerprint density at radius 3 is 2.00 bits per heavy atom. The monoisotopic (exact) mass is 382 g/mol. The number of benzene rings is 2. The van der Waals surface area contributed by atoms with Gasteiger partial charge in [-0.2, -0.15) is 0 Å². The smallest absolute Gasteiger partial charge is 0.232 e. The third kappa shape index (κ3) is 7.53. The molecule has 0 radical (unpaired) electrons. The van der Waals surface area contributed by atoms with Crippen LogP contribution in [0.1, 0.15) is 39.0 Å². The first-order valence-electron chi connectivity index (χ1n) is 10.00. The zero-order chi connectivity index (χ0) is 20.0. The lowest BCUT2D eigenvalue weighted by molar-refractivity contribution is -0.125. The predicted molar refractivity (Wildman–Crippen MR) is 113 cm³/mol. The van der Waals surface area contributed by atoms with Crippen LogP contribution in [0.5, 0.6) is 0 Å². The average Bonchev–Trinajstić information content (AvgIpc) is 2.73. The van der Waals surface area contributed by atoms with Gasteiger partial charge < -0.3 is 10.1 Å². The maximum atomic E-state index is 12.9. The van der Waals surface area contributed by atoms with Crippen LogP contribution in [0.2, 0.25) is 0 Å². The van der Waals surface area contributed by atoms with E-state index in [1.54, 1.807) is 4.90 Å². The molecule has 0 heterocycles. The number of hydrogen-bond donors (Lipinski definition) is 1. The lowest BCUT2D eigenvalue weighted by atomic mass is 10.2. The summed E-state index contributed by atoms with van der Waals surface area (Å²) in [4.78, 5) is 26.6. The van der Waals surface area contributed by atoms with Crippen LogP contribution in [0.4, 0.5) is 11.4 Å². The second-order valence-electron chi connectivity index (χ2n) is 6.57. The number of unbranched alkanes of at least 4 members (excludes halogenated alkanes) is 1. The SMILES string of the molecule is CCCCOCCCNC(=O)CCC(=O)N(c1ccccc1)c1ccccc1. The molecule has 0 unspecified atom stereocenters. The number of nitrogens with one attached hydrogen (secondary N) is 1. The molecular formula is C23H30N2O3. The molecule has 0 aromatic heterocycles. The first kappa shape index (κ1) is 21.6. The molecule has 0 aliphatic heterocycles. The normalized spacial score (nSPS) is 10.5. The molecule has 5 heteroatoms. The summed E-state index contributed by atoms with van der Waals surface area (Å²) >= 11 is 0. The highest BCUT2D eigenvalue weighted by atomic mass is 16.5. The van der Waals surface area contributed by atoms with E-state index in [-0.39, 0.29) is 24.7 Å². The van der Waals surface area contributed by atoms with Crippen LogP contribution in [0.25, 0.3) is 0 Å². The minimum absolute atomic E-state index is 0.101. The maximum absolute atomic E-state index is 12.9. The number of carbonyl (C=O) groups excluding carboxylic acids is 2. The maximum Gasteiger partial charge on any atom is 0.232 e. The van der Waals surface area contributed by atoms with Crippen LogP contribution in [-0.4, -0.2) is 31.6 Å². The van der Waals surface area contributed by atoms with Gasteiger partial charge in [-0.25, -0.2) is 0 Å². The highest BCUT2D eigenvalue weighted by molar-refractivity contribution is 6.01. The van der Waals surface area contributed by atoms with E-state index in [1.807, 2.05) is 60.7 Å². The average molecular weight is 383 g/mol. The van der Waals surface area contributed by atoms with Gasteiger partial charge in [0, 0.05) is 44.0 Å². The Balaban J connectivity index is 1.81. The number of anilines is 2. The van der Waals surface area contributed by atoms with Gasteiger partial charge in [0.15, 0.2) is 0 Å². The van der Waals surface area contributed by atoms with Gasteiger partial charge in [-0.15, -0.1) is 0 Å². The summed E-state index contributed by atoms with van der Waals surface area (Å²) in [6.45, 7) is 4.12. The van der Waals surface area contributed by atoms with E-state index in [4.69, 9.17) is 4.74 Å². The van der Waals surface area contributed by atoms with Gasteiger partial charge in [0.25, 0.3) is 0 Å². The highest BCUT2D eigenvalue weighted by Crippen LogP contribution is 2.26. The number of rotatable bonds is 12. The summed E-state index contributed by atoms with van der Waals surface area (Å²) in [7, 11) is 0. The van der Waals surface area contributed by atoms with Crippen LogP contribution in [0.3, 0.4) is 0 Å². The van der Waals surface area contributed by atoms with Crippen LogP contribution >= 0.6 is 0 Å². The van der Waals surface area contributed by atoms with Gasteiger partial charge in [-0.3, -0.25) is 14.5 Å². The third-order valence-electron chi connectivity index (χ3n) is 4.27. The van der Waals surface area contributed by atoms with Crippen molar-refractivity contribution in [1.29, 1.82) is 0 Å². The highest BCUT2D eigenvalue weighted by Gasteiger charge is 2.18. The Bertz CT molecular complexity index is 665. The van der Waals surface area contributed by atoms with E-state index in [0.717, 1.165) is 37.2 Å². The molecule has 2 aromatic rings. The third-order valence-corrected chi connectivity index (χ3v) is 4.27. The lowest BCUT2D eigenvalue weighted by Gasteiger charge is -2.23. The van der Waals surface area contributed by atoms with Crippen molar-refractivity contribution in [2.24, 2.45) is 0 Å². The number of carbonyl (C=O) groups is 2. The molecule has 0 saturated carbocycles. The standard InChI is InChI=1S/C23H30N2O3/c1-2-3-18-28-19-10-17-24-22(26)15-16-23(27)25(20-11-6-4-7-12-20)21-13-8-5-9-14-21/h4-9,11-14H,2-3,10,15-19H2,1H3,(H,24,26). The molecular weight excluding hydrogens is 352 g/mol. The van der Waals surface area contributed by atoms with E-state index in [1.165, 1.54) is 0 Å². The van der Waals surface area contributed by atoms with E-state index >= 15 is 0 Å². The number of hydrogen-bond acceptors (Lipinski definition) is 3. The van der Waals surface area contributed by atoms with E-state index < -0.39 is 0 Å². The predicted octanol–water partition coefficient (Wildman–Crippen LogP) is 4.45. The Morgan fingerprint density at radius 1 is 0.857 bits per heavy atom. The zero-order valence-electron chi connectivity index (χ0n) is 16.6. The molecule has 2 rings (SSSR count). The summed E-state index contributed by atoms with van der Waals surface area (Å²) in [6.07, 6.45) is 3.29. The molecule has 0 spiro atoms. The van der Waals surface area contributed by atoms with Crippen LogP contribution < -0.4 is 10.2 Å². The van der Waals surface area contributed by atoms with Crippen LogP contribution in [0.15, 0.2) is 60.7 Å². The Labute approximate surface area is 167 Å². The topological polar surface area (TPSA) is 58.6 Å². The quantitative estimate of drug-likeness (QED) is 0.552. The van der Waals surface area contributed by atoms with Crippen LogP contribution in [-0.2, 0) is 14.3 Å². The molecule has 28 heavy (non-hydrogen) atoms. The Morgan fingerprint density at radius 2 is 1.43 bits per heavy atom. The fraction of sp³-hybridized carbons (Fsp3) is 0.391. The van der Waals surface area contributed by atoms with Crippen molar-refractivity contribution in [3.05, 3.63) is 60.7 Å².